The lowest BCUT2D eigenvalue weighted by atomic mass is 10.8. The van der Waals surface area contributed by atoms with Gasteiger partial charge in [0.15, 0.2) is 0 Å². The Morgan fingerprint density at radius 3 is 2.89 bits per heavy atom. The first-order valence-corrected chi connectivity index (χ1v) is 4.95. The van der Waals surface area contributed by atoms with Crippen LogP contribution >= 0.6 is 11.8 Å². The molecule has 0 bridgehead atoms. The molecule has 0 aliphatic rings. The minimum atomic E-state index is -1.83. The van der Waals surface area contributed by atoms with E-state index in [1.54, 1.807) is 11.8 Å². The zero-order valence-corrected chi connectivity index (χ0v) is 6.93. The van der Waals surface area contributed by atoms with E-state index in [1.165, 1.54) is 0 Å². The highest BCUT2D eigenvalue weighted by atomic mass is 32.2. The minimum Gasteiger partial charge on any atom is -0.294 e. The van der Waals surface area contributed by atoms with E-state index >= 15 is 0 Å². The molecule has 0 aromatic carbocycles. The van der Waals surface area contributed by atoms with Crippen molar-refractivity contribution in [2.24, 2.45) is 0 Å². The lowest BCUT2D eigenvalue weighted by molar-refractivity contribution is 0.551. The molecule has 5 heteroatoms. The van der Waals surface area contributed by atoms with Gasteiger partial charge >= 0.3 is 0 Å². The van der Waals surface area contributed by atoms with E-state index in [-0.39, 0.29) is 0 Å². The number of nitrogens with one attached hydrogen (secondary N) is 1. The van der Waals surface area contributed by atoms with Crippen molar-refractivity contribution in [1.82, 2.24) is 4.72 Å². The summed E-state index contributed by atoms with van der Waals surface area (Å²) >= 11 is -0.0903. The average Bonchev–Trinajstić information content (AvgIpc) is 1.80. The van der Waals surface area contributed by atoms with Gasteiger partial charge in [-0.05, 0) is 5.75 Å². The molecule has 3 nitrogen and oxygen atoms in total. The van der Waals surface area contributed by atoms with Crippen molar-refractivity contribution in [1.29, 1.82) is 0 Å². The molecule has 2 N–H and O–H groups in total. The molecule has 0 rings (SSSR count). The van der Waals surface area contributed by atoms with Crippen molar-refractivity contribution in [3.8, 4) is 0 Å². The summed E-state index contributed by atoms with van der Waals surface area (Å²) in [6.45, 7) is 2.65. The first kappa shape index (κ1) is 9.42. The predicted molar refractivity (Wildman–Crippen MR) is 41.8 cm³/mol. The Morgan fingerprint density at radius 1 is 1.78 bits per heavy atom. The molecule has 9 heavy (non-hydrogen) atoms. The smallest absolute Gasteiger partial charge is 0.231 e. The summed E-state index contributed by atoms with van der Waals surface area (Å²) in [4.78, 5) is 0. The summed E-state index contributed by atoms with van der Waals surface area (Å²) in [7, 11) is 0. The summed E-state index contributed by atoms with van der Waals surface area (Å²) in [5, 5.41) is 0. The molecule has 0 fully saturated rings. The van der Waals surface area contributed by atoms with Crippen LogP contribution in [0.5, 0.6) is 0 Å². The van der Waals surface area contributed by atoms with Crippen LogP contribution in [0, 0.1) is 0 Å². The van der Waals surface area contributed by atoms with E-state index in [0.717, 1.165) is 11.5 Å². The van der Waals surface area contributed by atoms with Crippen LogP contribution in [0.3, 0.4) is 0 Å². The second-order valence-corrected chi connectivity index (χ2v) is 3.52. The third-order valence-electron chi connectivity index (χ3n) is 0.676. The fraction of sp³-hybridized carbons (Fsp3) is 1.00. The highest BCUT2D eigenvalue weighted by Gasteiger charge is 1.88. The number of thioether (sulfide) groups is 1. The molecule has 56 valence electrons. The third kappa shape index (κ3) is 8.42. The molecular weight excluding hydrogens is 158 g/mol. The number of rotatable bonds is 5. The SMILES string of the molecule is CCSCCNS(=O)O. The highest BCUT2D eigenvalue weighted by molar-refractivity contribution is 7.99. The maximum atomic E-state index is 9.95. The molecule has 0 heterocycles. The average molecular weight is 169 g/mol. The first-order valence-electron chi connectivity index (χ1n) is 2.69. The van der Waals surface area contributed by atoms with E-state index in [0.29, 0.717) is 6.54 Å². The standard InChI is InChI=1S/C4H11NO2S2/c1-2-8-4-3-5-9(6)7/h5H,2-4H2,1H3,(H,6,7). The van der Waals surface area contributed by atoms with Gasteiger partial charge in [0.25, 0.3) is 0 Å². The van der Waals surface area contributed by atoms with Crippen molar-refractivity contribution >= 4 is 23.0 Å². The second kappa shape index (κ2) is 6.54. The largest absolute Gasteiger partial charge is 0.294 e. The molecule has 0 saturated carbocycles. The molecule has 0 aromatic rings. The summed E-state index contributed by atoms with van der Waals surface area (Å²) in [5.74, 6) is 1.95. The molecule has 0 aliphatic heterocycles. The molecule has 0 saturated heterocycles. The summed E-state index contributed by atoms with van der Waals surface area (Å²) in [6.07, 6.45) is 0. The van der Waals surface area contributed by atoms with Gasteiger partial charge in [0.05, 0.1) is 0 Å². The van der Waals surface area contributed by atoms with Gasteiger partial charge in [-0.3, -0.25) is 4.55 Å². The van der Waals surface area contributed by atoms with E-state index in [1.807, 2.05) is 0 Å². The minimum absolute atomic E-state index is 0.599. The lowest BCUT2D eigenvalue weighted by Gasteiger charge is -1.96. The van der Waals surface area contributed by atoms with Gasteiger partial charge in [0.1, 0.15) is 0 Å². The second-order valence-electron chi connectivity index (χ2n) is 1.34. The summed E-state index contributed by atoms with van der Waals surface area (Å²) in [6, 6.07) is 0. The van der Waals surface area contributed by atoms with Crippen LogP contribution in [0.15, 0.2) is 0 Å². The Hall–Kier alpha value is 0.420. The van der Waals surface area contributed by atoms with Gasteiger partial charge < -0.3 is 0 Å². The zero-order valence-electron chi connectivity index (χ0n) is 5.29. The van der Waals surface area contributed by atoms with E-state index in [2.05, 4.69) is 11.6 Å². The Labute approximate surface area is 62.0 Å². The quantitative estimate of drug-likeness (QED) is 0.464. The fourth-order valence-electron chi connectivity index (χ4n) is 0.345. The number of hydrogen-bond donors (Lipinski definition) is 2. The van der Waals surface area contributed by atoms with Gasteiger partial charge in [0, 0.05) is 12.3 Å². The van der Waals surface area contributed by atoms with Crippen LogP contribution < -0.4 is 4.72 Å². The van der Waals surface area contributed by atoms with Crippen LogP contribution in [0.25, 0.3) is 0 Å². The molecule has 1 atom stereocenters. The van der Waals surface area contributed by atoms with Crippen molar-refractivity contribution in [3.63, 3.8) is 0 Å². The highest BCUT2D eigenvalue weighted by Crippen LogP contribution is 1.94. The molecule has 0 aliphatic carbocycles. The Morgan fingerprint density at radius 2 is 2.44 bits per heavy atom. The molecule has 1 unspecified atom stereocenters. The fourth-order valence-corrected chi connectivity index (χ4v) is 1.29. The number of hydrogen-bond acceptors (Lipinski definition) is 2. The first-order chi connectivity index (χ1) is 4.27. The molecular formula is C4H11NO2S2. The van der Waals surface area contributed by atoms with E-state index < -0.39 is 11.3 Å². The van der Waals surface area contributed by atoms with Gasteiger partial charge in [-0.2, -0.15) is 11.8 Å². The van der Waals surface area contributed by atoms with Crippen LogP contribution in [0.4, 0.5) is 0 Å². The van der Waals surface area contributed by atoms with Gasteiger partial charge in [-0.25, -0.2) is 8.93 Å². The Bertz CT molecular complexity index is 88.6. The Kier molecular flexibility index (Phi) is 6.84. The topological polar surface area (TPSA) is 49.3 Å². The molecule has 0 radical (unpaired) electrons. The molecule has 0 amide bonds. The van der Waals surface area contributed by atoms with Crippen molar-refractivity contribution in [2.45, 2.75) is 6.92 Å². The molecule has 0 spiro atoms. The van der Waals surface area contributed by atoms with Crippen molar-refractivity contribution in [2.75, 3.05) is 18.1 Å². The van der Waals surface area contributed by atoms with Gasteiger partial charge in [-0.15, -0.1) is 0 Å². The maximum absolute atomic E-state index is 9.95. The van der Waals surface area contributed by atoms with Crippen LogP contribution in [0.2, 0.25) is 0 Å². The summed E-state index contributed by atoms with van der Waals surface area (Å²) in [5.41, 5.74) is 0. The summed E-state index contributed by atoms with van der Waals surface area (Å²) < 4.78 is 20.5. The molecule has 0 aromatic heterocycles. The third-order valence-corrected chi connectivity index (χ3v) is 2.03. The Balaban J connectivity index is 2.83. The van der Waals surface area contributed by atoms with Crippen LogP contribution in [0.1, 0.15) is 6.92 Å². The van der Waals surface area contributed by atoms with E-state index in [4.69, 9.17) is 4.55 Å². The van der Waals surface area contributed by atoms with Crippen LogP contribution in [-0.2, 0) is 11.3 Å². The monoisotopic (exact) mass is 169 g/mol. The van der Waals surface area contributed by atoms with Crippen molar-refractivity contribution in [3.05, 3.63) is 0 Å². The van der Waals surface area contributed by atoms with E-state index in [9.17, 15) is 4.21 Å². The predicted octanol–water partition coefficient (Wildman–Crippen LogP) is 0.466. The maximum Gasteiger partial charge on any atom is 0.231 e. The van der Waals surface area contributed by atoms with Crippen LogP contribution in [-0.4, -0.2) is 26.8 Å². The lowest BCUT2D eigenvalue weighted by Crippen LogP contribution is -2.18. The van der Waals surface area contributed by atoms with Gasteiger partial charge in [-0.1, -0.05) is 6.92 Å². The van der Waals surface area contributed by atoms with Crippen molar-refractivity contribution < 1.29 is 8.76 Å². The van der Waals surface area contributed by atoms with Gasteiger partial charge in [0.2, 0.25) is 11.3 Å². The zero-order chi connectivity index (χ0) is 7.11. The normalized spacial score (nSPS) is 13.6.